The van der Waals surface area contributed by atoms with Crippen LogP contribution in [-0.2, 0) is 0 Å². The van der Waals surface area contributed by atoms with Crippen LogP contribution in [0.5, 0.6) is 0 Å². The number of benzene rings is 2. The standard InChI is InChI=1S/C16H11ClO2/c17-15(11-6-2-1-3-7-11)13-10-12-8-4-5-9-14(12)19-16(13)18/h1-10,15H. The molecule has 0 saturated carbocycles. The molecule has 0 fully saturated rings. The van der Waals surface area contributed by atoms with Gasteiger partial charge in [-0.2, -0.15) is 0 Å². The van der Waals surface area contributed by atoms with E-state index in [1.807, 2.05) is 48.5 Å². The minimum absolute atomic E-state index is 0.387. The molecule has 0 N–H and O–H groups in total. The molecule has 1 unspecified atom stereocenters. The number of para-hydroxylation sites is 1. The second-order valence-electron chi connectivity index (χ2n) is 4.30. The maximum atomic E-state index is 12.0. The van der Waals surface area contributed by atoms with Crippen molar-refractivity contribution in [2.75, 3.05) is 0 Å². The fourth-order valence-electron chi connectivity index (χ4n) is 2.06. The molecule has 1 atom stereocenters. The van der Waals surface area contributed by atoms with E-state index < -0.39 is 5.38 Å². The van der Waals surface area contributed by atoms with Crippen molar-refractivity contribution < 1.29 is 4.42 Å². The minimum Gasteiger partial charge on any atom is -0.422 e. The first-order valence-corrected chi connectivity index (χ1v) is 6.41. The van der Waals surface area contributed by atoms with E-state index in [4.69, 9.17) is 16.0 Å². The van der Waals surface area contributed by atoms with Crippen LogP contribution in [0.25, 0.3) is 11.0 Å². The zero-order valence-electron chi connectivity index (χ0n) is 10.0. The van der Waals surface area contributed by atoms with Crippen LogP contribution in [0.15, 0.2) is 69.9 Å². The van der Waals surface area contributed by atoms with Crippen LogP contribution in [0.2, 0.25) is 0 Å². The maximum Gasteiger partial charge on any atom is 0.341 e. The predicted octanol–water partition coefficient (Wildman–Crippen LogP) is 4.12. The molecule has 0 aliphatic carbocycles. The van der Waals surface area contributed by atoms with E-state index in [2.05, 4.69) is 0 Å². The molecule has 1 heterocycles. The molecule has 0 aliphatic rings. The number of halogens is 1. The Morgan fingerprint density at radius 1 is 0.947 bits per heavy atom. The normalized spacial score (nSPS) is 12.5. The second kappa shape index (κ2) is 4.90. The minimum atomic E-state index is -0.498. The fraction of sp³-hybridized carbons (Fsp3) is 0.0625. The molecule has 3 heteroatoms. The first-order chi connectivity index (χ1) is 9.25. The molecule has 2 nitrogen and oxygen atoms in total. The van der Waals surface area contributed by atoms with Gasteiger partial charge in [0.1, 0.15) is 5.58 Å². The highest BCUT2D eigenvalue weighted by Crippen LogP contribution is 2.28. The molecule has 19 heavy (non-hydrogen) atoms. The third-order valence-electron chi connectivity index (χ3n) is 3.03. The van der Waals surface area contributed by atoms with Gasteiger partial charge in [-0.1, -0.05) is 48.5 Å². The van der Waals surface area contributed by atoms with Crippen molar-refractivity contribution in [3.05, 3.63) is 82.2 Å². The average molecular weight is 271 g/mol. The van der Waals surface area contributed by atoms with Crippen LogP contribution in [0, 0.1) is 0 Å². The van der Waals surface area contributed by atoms with Gasteiger partial charge >= 0.3 is 5.63 Å². The molecular formula is C16H11ClO2. The van der Waals surface area contributed by atoms with Crippen LogP contribution < -0.4 is 5.63 Å². The van der Waals surface area contributed by atoms with Gasteiger partial charge in [-0.25, -0.2) is 4.79 Å². The highest BCUT2D eigenvalue weighted by molar-refractivity contribution is 6.22. The molecule has 94 valence electrons. The number of alkyl halides is 1. The predicted molar refractivity (Wildman–Crippen MR) is 76.6 cm³/mol. The first kappa shape index (κ1) is 12.0. The summed E-state index contributed by atoms with van der Waals surface area (Å²) >= 11 is 6.38. The Kier molecular flexibility index (Phi) is 3.10. The van der Waals surface area contributed by atoms with Crippen molar-refractivity contribution in [2.45, 2.75) is 5.38 Å². The van der Waals surface area contributed by atoms with Crippen molar-refractivity contribution in [3.8, 4) is 0 Å². The Hall–Kier alpha value is -2.06. The van der Waals surface area contributed by atoms with Gasteiger partial charge < -0.3 is 4.42 Å². The number of hydrogen-bond acceptors (Lipinski definition) is 2. The SMILES string of the molecule is O=c1oc2ccccc2cc1C(Cl)c1ccccc1. The Morgan fingerprint density at radius 3 is 2.42 bits per heavy atom. The van der Waals surface area contributed by atoms with Crippen molar-refractivity contribution >= 4 is 22.6 Å². The second-order valence-corrected chi connectivity index (χ2v) is 4.74. The molecule has 0 spiro atoms. The summed E-state index contributed by atoms with van der Waals surface area (Å²) in [6, 6.07) is 18.7. The summed E-state index contributed by atoms with van der Waals surface area (Å²) in [6.45, 7) is 0. The Balaban J connectivity index is 2.15. The monoisotopic (exact) mass is 270 g/mol. The van der Waals surface area contributed by atoms with Crippen LogP contribution >= 0.6 is 11.6 Å². The Bertz CT molecular complexity index is 762. The lowest BCUT2D eigenvalue weighted by Gasteiger charge is -2.09. The fourth-order valence-corrected chi connectivity index (χ4v) is 2.35. The van der Waals surface area contributed by atoms with E-state index in [0.29, 0.717) is 11.1 Å². The van der Waals surface area contributed by atoms with Gasteiger partial charge in [0.05, 0.1) is 10.9 Å². The quantitative estimate of drug-likeness (QED) is 0.518. The average Bonchev–Trinajstić information content (AvgIpc) is 2.47. The summed E-state index contributed by atoms with van der Waals surface area (Å²) in [6.07, 6.45) is 0. The molecule has 1 aromatic heterocycles. The summed E-state index contributed by atoms with van der Waals surface area (Å²) in [7, 11) is 0. The lowest BCUT2D eigenvalue weighted by Crippen LogP contribution is -2.09. The van der Waals surface area contributed by atoms with E-state index in [1.54, 1.807) is 12.1 Å². The van der Waals surface area contributed by atoms with E-state index in [9.17, 15) is 4.79 Å². The van der Waals surface area contributed by atoms with Crippen LogP contribution in [0.4, 0.5) is 0 Å². The molecule has 2 aromatic carbocycles. The van der Waals surface area contributed by atoms with Gasteiger partial charge in [0.15, 0.2) is 0 Å². The molecular weight excluding hydrogens is 260 g/mol. The maximum absolute atomic E-state index is 12.0. The molecule has 3 rings (SSSR count). The van der Waals surface area contributed by atoms with Gasteiger partial charge in [-0.05, 0) is 17.7 Å². The topological polar surface area (TPSA) is 30.2 Å². The molecule has 3 aromatic rings. The molecule has 0 radical (unpaired) electrons. The highest BCUT2D eigenvalue weighted by atomic mass is 35.5. The smallest absolute Gasteiger partial charge is 0.341 e. The first-order valence-electron chi connectivity index (χ1n) is 5.97. The van der Waals surface area contributed by atoms with Gasteiger partial charge in [-0.15, -0.1) is 11.6 Å². The van der Waals surface area contributed by atoms with Crippen LogP contribution in [0.3, 0.4) is 0 Å². The summed E-state index contributed by atoms with van der Waals surface area (Å²) < 4.78 is 5.30. The summed E-state index contributed by atoms with van der Waals surface area (Å²) in [4.78, 5) is 12.0. The number of rotatable bonds is 2. The highest BCUT2D eigenvalue weighted by Gasteiger charge is 2.16. The van der Waals surface area contributed by atoms with Crippen LogP contribution in [0.1, 0.15) is 16.5 Å². The lowest BCUT2D eigenvalue weighted by molar-refractivity contribution is 0.551. The number of fused-ring (bicyclic) bond motifs is 1. The van der Waals surface area contributed by atoms with Crippen LogP contribution in [-0.4, -0.2) is 0 Å². The van der Waals surface area contributed by atoms with Crippen molar-refractivity contribution in [1.82, 2.24) is 0 Å². The summed E-state index contributed by atoms with van der Waals surface area (Å²) in [5, 5.41) is 0.376. The van der Waals surface area contributed by atoms with Crippen molar-refractivity contribution in [3.63, 3.8) is 0 Å². The molecule has 0 saturated heterocycles. The van der Waals surface area contributed by atoms with Crippen molar-refractivity contribution in [2.24, 2.45) is 0 Å². The third kappa shape index (κ3) is 2.27. The zero-order chi connectivity index (χ0) is 13.2. The zero-order valence-corrected chi connectivity index (χ0v) is 10.8. The third-order valence-corrected chi connectivity index (χ3v) is 3.52. The van der Waals surface area contributed by atoms with Crippen molar-refractivity contribution in [1.29, 1.82) is 0 Å². The van der Waals surface area contributed by atoms with Gasteiger partial charge in [0.25, 0.3) is 0 Å². The van der Waals surface area contributed by atoms with Gasteiger partial charge in [0.2, 0.25) is 0 Å². The summed E-state index contributed by atoms with van der Waals surface area (Å²) in [5.41, 5.74) is 1.54. The largest absolute Gasteiger partial charge is 0.422 e. The van der Waals surface area contributed by atoms with E-state index in [0.717, 1.165) is 10.9 Å². The molecule has 0 bridgehead atoms. The summed E-state index contributed by atoms with van der Waals surface area (Å²) in [5.74, 6) is 0. The lowest BCUT2D eigenvalue weighted by atomic mass is 10.0. The Labute approximate surface area is 115 Å². The number of hydrogen-bond donors (Lipinski definition) is 0. The van der Waals surface area contributed by atoms with Gasteiger partial charge in [-0.3, -0.25) is 0 Å². The van der Waals surface area contributed by atoms with Gasteiger partial charge in [0, 0.05) is 5.39 Å². The van der Waals surface area contributed by atoms with E-state index >= 15 is 0 Å². The molecule has 0 amide bonds. The van der Waals surface area contributed by atoms with E-state index in [1.165, 1.54) is 0 Å². The molecule has 0 aliphatic heterocycles. The van der Waals surface area contributed by atoms with E-state index in [-0.39, 0.29) is 5.63 Å². The Morgan fingerprint density at radius 2 is 1.63 bits per heavy atom.